The van der Waals surface area contributed by atoms with Crippen LogP contribution in [0.25, 0.3) is 0 Å². The predicted molar refractivity (Wildman–Crippen MR) is 94.1 cm³/mol. The molecule has 22 heavy (non-hydrogen) atoms. The molecule has 1 N–H and O–H groups in total. The summed E-state index contributed by atoms with van der Waals surface area (Å²) in [6.45, 7) is 2.26. The second-order valence-corrected chi connectivity index (χ2v) is 7.07. The summed E-state index contributed by atoms with van der Waals surface area (Å²) in [5, 5.41) is 9.10. The Bertz CT molecular complexity index is 316. The zero-order valence-corrected chi connectivity index (χ0v) is 14.6. The molecule has 0 aliphatic heterocycles. The molecule has 128 valence electrons. The Morgan fingerprint density at radius 2 is 1.36 bits per heavy atom. The summed E-state index contributed by atoms with van der Waals surface area (Å²) >= 11 is 0. The van der Waals surface area contributed by atoms with E-state index in [0.29, 0.717) is 0 Å². The van der Waals surface area contributed by atoms with Crippen LogP contribution in [-0.2, 0) is 4.79 Å². The Balaban J connectivity index is 1.79. The summed E-state index contributed by atoms with van der Waals surface area (Å²) in [4.78, 5) is 11.0. The van der Waals surface area contributed by atoms with Gasteiger partial charge in [0.05, 0.1) is 5.41 Å². The van der Waals surface area contributed by atoms with E-state index in [1.807, 2.05) is 0 Å². The van der Waals surface area contributed by atoms with E-state index in [1.54, 1.807) is 0 Å². The van der Waals surface area contributed by atoms with Crippen LogP contribution in [0.2, 0.25) is 0 Å². The molecule has 2 heteroatoms. The summed E-state index contributed by atoms with van der Waals surface area (Å²) in [5.41, 5.74) is -0.309. The topological polar surface area (TPSA) is 37.3 Å². The number of rotatable bonds is 15. The SMILES string of the molecule is CCCCCCCC/C=C\CCCCCCC1(C(=O)O)CC1. The van der Waals surface area contributed by atoms with Crippen LogP contribution in [0.4, 0.5) is 0 Å². The molecule has 0 heterocycles. The minimum atomic E-state index is -0.565. The lowest BCUT2D eigenvalue weighted by Gasteiger charge is -2.08. The van der Waals surface area contributed by atoms with Gasteiger partial charge in [0.1, 0.15) is 0 Å². The van der Waals surface area contributed by atoms with Gasteiger partial charge in [0.15, 0.2) is 0 Å². The maximum atomic E-state index is 11.0. The van der Waals surface area contributed by atoms with Crippen molar-refractivity contribution in [1.82, 2.24) is 0 Å². The van der Waals surface area contributed by atoms with Gasteiger partial charge in [0.25, 0.3) is 0 Å². The average molecular weight is 309 g/mol. The van der Waals surface area contributed by atoms with Crippen LogP contribution in [-0.4, -0.2) is 11.1 Å². The highest BCUT2D eigenvalue weighted by atomic mass is 16.4. The molecule has 0 saturated heterocycles. The van der Waals surface area contributed by atoms with Gasteiger partial charge in [0.2, 0.25) is 0 Å². The number of unbranched alkanes of at least 4 members (excludes halogenated alkanes) is 10. The highest BCUT2D eigenvalue weighted by Gasteiger charge is 2.49. The summed E-state index contributed by atoms with van der Waals surface area (Å²) in [6, 6.07) is 0. The normalized spacial score (nSPS) is 16.2. The third kappa shape index (κ3) is 8.60. The van der Waals surface area contributed by atoms with E-state index >= 15 is 0 Å². The minimum absolute atomic E-state index is 0.309. The van der Waals surface area contributed by atoms with Crippen molar-refractivity contribution in [1.29, 1.82) is 0 Å². The fraction of sp³-hybridized carbons (Fsp3) is 0.850. The van der Waals surface area contributed by atoms with Gasteiger partial charge in [-0.3, -0.25) is 4.79 Å². The molecular formula is C20H36O2. The molecule has 1 fully saturated rings. The first kappa shape index (κ1) is 19.3. The Labute approximate surface area is 137 Å². The largest absolute Gasteiger partial charge is 0.481 e. The van der Waals surface area contributed by atoms with Gasteiger partial charge in [-0.05, 0) is 44.9 Å². The van der Waals surface area contributed by atoms with Crippen molar-refractivity contribution in [3.8, 4) is 0 Å². The van der Waals surface area contributed by atoms with Gasteiger partial charge >= 0.3 is 5.97 Å². The molecule has 0 spiro atoms. The molecule has 1 saturated carbocycles. The van der Waals surface area contributed by atoms with Gasteiger partial charge < -0.3 is 5.11 Å². The van der Waals surface area contributed by atoms with Crippen LogP contribution in [0.5, 0.6) is 0 Å². The summed E-state index contributed by atoms with van der Waals surface area (Å²) < 4.78 is 0. The average Bonchev–Trinajstić information content (AvgIpc) is 3.29. The van der Waals surface area contributed by atoms with Gasteiger partial charge in [-0.1, -0.05) is 70.4 Å². The van der Waals surface area contributed by atoms with Gasteiger partial charge in [0, 0.05) is 0 Å². The number of carbonyl (C=O) groups is 1. The fourth-order valence-corrected chi connectivity index (χ4v) is 3.08. The first-order chi connectivity index (χ1) is 10.7. The molecule has 0 radical (unpaired) electrons. The lowest BCUT2D eigenvalue weighted by Crippen LogP contribution is -2.14. The number of hydrogen-bond donors (Lipinski definition) is 1. The standard InChI is InChI=1S/C20H36O2/c1-2-3-4-5-6-7-8-9-10-11-12-13-14-15-16-20(17-18-20)19(21)22/h9-10H,2-8,11-18H2,1H3,(H,21,22)/b10-9-. The number of carboxylic acids is 1. The maximum Gasteiger partial charge on any atom is 0.309 e. The van der Waals surface area contributed by atoms with Crippen molar-refractivity contribution in [2.24, 2.45) is 5.41 Å². The zero-order valence-electron chi connectivity index (χ0n) is 14.6. The second-order valence-electron chi connectivity index (χ2n) is 7.07. The van der Waals surface area contributed by atoms with Crippen LogP contribution in [0.1, 0.15) is 103 Å². The van der Waals surface area contributed by atoms with Crippen molar-refractivity contribution in [3.63, 3.8) is 0 Å². The predicted octanol–water partition coefficient (Wildman–Crippen LogP) is 6.50. The van der Waals surface area contributed by atoms with E-state index < -0.39 is 5.97 Å². The van der Waals surface area contributed by atoms with E-state index in [0.717, 1.165) is 25.7 Å². The maximum absolute atomic E-state index is 11.0. The Kier molecular flexibility index (Phi) is 10.3. The van der Waals surface area contributed by atoms with E-state index in [2.05, 4.69) is 19.1 Å². The van der Waals surface area contributed by atoms with Crippen LogP contribution in [0, 0.1) is 5.41 Å². The molecule has 2 nitrogen and oxygen atoms in total. The molecule has 0 atom stereocenters. The van der Waals surface area contributed by atoms with Crippen LogP contribution in [0.15, 0.2) is 12.2 Å². The number of hydrogen-bond acceptors (Lipinski definition) is 1. The van der Waals surface area contributed by atoms with Crippen LogP contribution < -0.4 is 0 Å². The molecule has 0 aromatic rings. The highest BCUT2D eigenvalue weighted by molar-refractivity contribution is 5.77. The van der Waals surface area contributed by atoms with Crippen molar-refractivity contribution in [2.75, 3.05) is 0 Å². The molecule has 1 aliphatic carbocycles. The highest BCUT2D eigenvalue weighted by Crippen LogP contribution is 2.50. The quantitative estimate of drug-likeness (QED) is 0.277. The van der Waals surface area contributed by atoms with Crippen LogP contribution in [0.3, 0.4) is 0 Å². The smallest absolute Gasteiger partial charge is 0.309 e. The number of allylic oxidation sites excluding steroid dienone is 2. The number of carboxylic acid groups (broad SMARTS) is 1. The minimum Gasteiger partial charge on any atom is -0.481 e. The molecule has 1 rings (SSSR count). The molecular weight excluding hydrogens is 272 g/mol. The van der Waals surface area contributed by atoms with E-state index in [-0.39, 0.29) is 5.41 Å². The van der Waals surface area contributed by atoms with Crippen molar-refractivity contribution < 1.29 is 9.90 Å². The monoisotopic (exact) mass is 308 g/mol. The van der Waals surface area contributed by atoms with E-state index in [1.165, 1.54) is 70.6 Å². The molecule has 0 aromatic heterocycles. The first-order valence-electron chi connectivity index (χ1n) is 9.60. The molecule has 0 bridgehead atoms. The molecule has 1 aliphatic rings. The summed E-state index contributed by atoms with van der Waals surface area (Å²) in [6.07, 6.45) is 22.9. The Hall–Kier alpha value is -0.790. The lowest BCUT2D eigenvalue weighted by molar-refractivity contribution is -0.143. The lowest BCUT2D eigenvalue weighted by atomic mass is 9.98. The van der Waals surface area contributed by atoms with Crippen LogP contribution >= 0.6 is 0 Å². The zero-order chi connectivity index (χ0) is 16.1. The summed E-state index contributed by atoms with van der Waals surface area (Å²) in [7, 11) is 0. The van der Waals surface area contributed by atoms with Gasteiger partial charge in [-0.15, -0.1) is 0 Å². The van der Waals surface area contributed by atoms with Crippen molar-refractivity contribution >= 4 is 5.97 Å². The van der Waals surface area contributed by atoms with Crippen molar-refractivity contribution in [3.05, 3.63) is 12.2 Å². The molecule has 0 amide bonds. The van der Waals surface area contributed by atoms with Gasteiger partial charge in [-0.2, -0.15) is 0 Å². The number of aliphatic carboxylic acids is 1. The van der Waals surface area contributed by atoms with E-state index in [9.17, 15) is 4.79 Å². The third-order valence-electron chi connectivity index (χ3n) is 4.97. The van der Waals surface area contributed by atoms with Gasteiger partial charge in [-0.25, -0.2) is 0 Å². The summed E-state index contributed by atoms with van der Waals surface area (Å²) in [5.74, 6) is -0.565. The van der Waals surface area contributed by atoms with Crippen molar-refractivity contribution in [2.45, 2.75) is 103 Å². The Morgan fingerprint density at radius 3 is 1.86 bits per heavy atom. The molecule has 0 aromatic carbocycles. The molecule has 0 unspecified atom stereocenters. The van der Waals surface area contributed by atoms with E-state index in [4.69, 9.17) is 5.11 Å². The fourth-order valence-electron chi connectivity index (χ4n) is 3.08. The first-order valence-corrected chi connectivity index (χ1v) is 9.60. The second kappa shape index (κ2) is 11.7. The Morgan fingerprint density at radius 1 is 0.864 bits per heavy atom. The third-order valence-corrected chi connectivity index (χ3v) is 4.97.